The minimum Gasteiger partial charge on any atom is -0.456 e. The Balaban J connectivity index is 1.77. The maximum Gasteiger partial charge on any atom is 0.135 e. The highest BCUT2D eigenvalue weighted by molar-refractivity contribution is 5.80. The van der Waals surface area contributed by atoms with Crippen LogP contribution in [0.4, 0.5) is 0 Å². The van der Waals surface area contributed by atoms with Crippen LogP contribution in [0, 0.1) is 0 Å². The van der Waals surface area contributed by atoms with E-state index >= 15 is 0 Å². The first-order valence-corrected chi connectivity index (χ1v) is 9.04. The predicted octanol–water partition coefficient (Wildman–Crippen LogP) is 6.93. The second kappa shape index (κ2) is 8.20. The highest BCUT2D eigenvalue weighted by atomic mass is 16.5. The molecule has 0 amide bonds. The van der Waals surface area contributed by atoms with Crippen molar-refractivity contribution in [2.24, 2.45) is 0 Å². The lowest BCUT2D eigenvalue weighted by Crippen LogP contribution is -1.97. The normalized spacial score (nSPS) is 11.2. The Morgan fingerprint density at radius 1 is 0.556 bits per heavy atom. The number of para-hydroxylation sites is 1. The van der Waals surface area contributed by atoms with Crippen molar-refractivity contribution in [1.82, 2.24) is 0 Å². The molecule has 0 unspecified atom stereocenters. The van der Waals surface area contributed by atoms with Gasteiger partial charge in [0, 0.05) is 11.1 Å². The molecular formula is C26H20O. The minimum atomic E-state index is 0.824. The molecule has 1 nitrogen and oxygen atoms in total. The SMILES string of the molecule is C(=C(/Oc1ccccc1-c1ccccc1)c1ccccc1)/c1ccccc1. The average molecular weight is 348 g/mol. The van der Waals surface area contributed by atoms with Crippen molar-refractivity contribution in [2.45, 2.75) is 0 Å². The second-order valence-corrected chi connectivity index (χ2v) is 6.25. The molecule has 0 aromatic heterocycles. The van der Waals surface area contributed by atoms with E-state index in [2.05, 4.69) is 48.5 Å². The molecule has 27 heavy (non-hydrogen) atoms. The van der Waals surface area contributed by atoms with Gasteiger partial charge in [0.1, 0.15) is 11.5 Å². The number of rotatable bonds is 5. The van der Waals surface area contributed by atoms with Crippen molar-refractivity contribution in [3.63, 3.8) is 0 Å². The van der Waals surface area contributed by atoms with Crippen molar-refractivity contribution < 1.29 is 4.74 Å². The molecule has 4 rings (SSSR count). The van der Waals surface area contributed by atoms with Crippen molar-refractivity contribution in [3.05, 3.63) is 126 Å². The van der Waals surface area contributed by atoms with Crippen molar-refractivity contribution in [1.29, 1.82) is 0 Å². The first kappa shape index (κ1) is 16.9. The lowest BCUT2D eigenvalue weighted by Gasteiger charge is -2.15. The quantitative estimate of drug-likeness (QED) is 0.281. The lowest BCUT2D eigenvalue weighted by molar-refractivity contribution is 0.520. The van der Waals surface area contributed by atoms with E-state index < -0.39 is 0 Å². The zero-order valence-corrected chi connectivity index (χ0v) is 15.0. The van der Waals surface area contributed by atoms with Gasteiger partial charge in [0.05, 0.1) is 0 Å². The summed E-state index contributed by atoms with van der Waals surface area (Å²) in [6, 6.07) is 38.9. The van der Waals surface area contributed by atoms with Gasteiger partial charge >= 0.3 is 0 Å². The molecule has 0 heterocycles. The first-order valence-electron chi connectivity index (χ1n) is 9.04. The summed E-state index contributed by atoms with van der Waals surface area (Å²) in [6.45, 7) is 0. The van der Waals surface area contributed by atoms with Gasteiger partial charge in [0.15, 0.2) is 0 Å². The lowest BCUT2D eigenvalue weighted by atomic mass is 10.0. The smallest absolute Gasteiger partial charge is 0.135 e. The summed E-state index contributed by atoms with van der Waals surface area (Å²) in [5.74, 6) is 1.67. The maximum atomic E-state index is 6.45. The van der Waals surface area contributed by atoms with Crippen LogP contribution in [-0.2, 0) is 0 Å². The first-order chi connectivity index (χ1) is 13.4. The molecule has 0 bridgehead atoms. The molecule has 4 aromatic rings. The standard InChI is InChI=1S/C26H20O/c1-4-12-21(13-5-1)20-26(23-16-8-3-9-17-23)27-25-19-11-10-18-24(25)22-14-6-2-7-15-22/h1-20H/b26-20-. The number of benzene rings is 4. The molecule has 0 saturated carbocycles. The van der Waals surface area contributed by atoms with Gasteiger partial charge in [-0.1, -0.05) is 109 Å². The van der Waals surface area contributed by atoms with Gasteiger partial charge in [0.2, 0.25) is 0 Å². The summed E-state index contributed by atoms with van der Waals surface area (Å²) >= 11 is 0. The Morgan fingerprint density at radius 3 is 1.81 bits per heavy atom. The molecule has 0 aliphatic heterocycles. The van der Waals surface area contributed by atoms with Gasteiger partial charge in [0.25, 0.3) is 0 Å². The van der Waals surface area contributed by atoms with E-state index in [1.807, 2.05) is 72.8 Å². The molecule has 0 N–H and O–H groups in total. The van der Waals surface area contributed by atoms with Gasteiger partial charge in [-0.15, -0.1) is 0 Å². The molecule has 0 atom stereocenters. The van der Waals surface area contributed by atoms with Crippen LogP contribution in [-0.4, -0.2) is 0 Å². The Labute approximate surface area is 160 Å². The van der Waals surface area contributed by atoms with E-state index in [4.69, 9.17) is 4.74 Å². The topological polar surface area (TPSA) is 9.23 Å². The van der Waals surface area contributed by atoms with Gasteiger partial charge in [-0.25, -0.2) is 0 Å². The van der Waals surface area contributed by atoms with E-state index in [0.717, 1.165) is 33.8 Å². The Morgan fingerprint density at radius 2 is 1.11 bits per heavy atom. The average Bonchev–Trinajstić information content (AvgIpc) is 2.76. The summed E-state index contributed by atoms with van der Waals surface area (Å²) in [7, 11) is 0. The van der Waals surface area contributed by atoms with Gasteiger partial charge in [-0.05, 0) is 23.3 Å². The van der Waals surface area contributed by atoms with E-state index in [1.165, 1.54) is 0 Å². The third-order valence-corrected chi connectivity index (χ3v) is 4.35. The van der Waals surface area contributed by atoms with Crippen molar-refractivity contribution >= 4 is 11.8 Å². The second-order valence-electron chi connectivity index (χ2n) is 6.25. The molecule has 0 aliphatic carbocycles. The number of hydrogen-bond donors (Lipinski definition) is 0. The fourth-order valence-corrected chi connectivity index (χ4v) is 3.01. The van der Waals surface area contributed by atoms with Crippen molar-refractivity contribution in [3.8, 4) is 16.9 Å². The van der Waals surface area contributed by atoms with Crippen LogP contribution in [0.3, 0.4) is 0 Å². The van der Waals surface area contributed by atoms with Crippen LogP contribution in [0.5, 0.6) is 5.75 Å². The molecule has 0 aliphatic rings. The fourth-order valence-electron chi connectivity index (χ4n) is 3.01. The predicted molar refractivity (Wildman–Crippen MR) is 113 cm³/mol. The van der Waals surface area contributed by atoms with Gasteiger partial charge in [-0.3, -0.25) is 0 Å². The van der Waals surface area contributed by atoms with E-state index in [9.17, 15) is 0 Å². The van der Waals surface area contributed by atoms with Crippen LogP contribution in [0.25, 0.3) is 23.0 Å². The molecule has 0 fully saturated rings. The van der Waals surface area contributed by atoms with E-state index in [-0.39, 0.29) is 0 Å². The summed E-state index contributed by atoms with van der Waals surface area (Å²) in [5.41, 5.74) is 4.37. The minimum absolute atomic E-state index is 0.824. The zero-order chi connectivity index (χ0) is 18.3. The molecule has 0 radical (unpaired) electrons. The Hall–Kier alpha value is -3.58. The monoisotopic (exact) mass is 348 g/mol. The van der Waals surface area contributed by atoms with E-state index in [1.54, 1.807) is 0 Å². The van der Waals surface area contributed by atoms with Crippen LogP contribution in [0.2, 0.25) is 0 Å². The summed E-state index contributed by atoms with van der Waals surface area (Å²) < 4.78 is 6.45. The maximum absolute atomic E-state index is 6.45. The summed E-state index contributed by atoms with van der Waals surface area (Å²) in [6.07, 6.45) is 2.08. The van der Waals surface area contributed by atoms with Crippen molar-refractivity contribution in [2.75, 3.05) is 0 Å². The molecule has 0 spiro atoms. The Kier molecular flexibility index (Phi) is 5.12. The highest BCUT2D eigenvalue weighted by Crippen LogP contribution is 2.33. The van der Waals surface area contributed by atoms with E-state index in [0.29, 0.717) is 0 Å². The summed E-state index contributed by atoms with van der Waals surface area (Å²) in [4.78, 5) is 0. The van der Waals surface area contributed by atoms with Crippen LogP contribution in [0.15, 0.2) is 115 Å². The highest BCUT2D eigenvalue weighted by Gasteiger charge is 2.10. The molecule has 0 saturated heterocycles. The van der Waals surface area contributed by atoms with Crippen LogP contribution < -0.4 is 4.74 Å². The number of hydrogen-bond acceptors (Lipinski definition) is 1. The molecule has 130 valence electrons. The van der Waals surface area contributed by atoms with Crippen LogP contribution >= 0.6 is 0 Å². The molecule has 4 aromatic carbocycles. The third-order valence-electron chi connectivity index (χ3n) is 4.35. The fraction of sp³-hybridized carbons (Fsp3) is 0. The van der Waals surface area contributed by atoms with Gasteiger partial charge in [-0.2, -0.15) is 0 Å². The van der Waals surface area contributed by atoms with Gasteiger partial charge < -0.3 is 4.74 Å². The Bertz CT molecular complexity index is 1020. The molecule has 1 heteroatoms. The zero-order valence-electron chi connectivity index (χ0n) is 15.0. The van der Waals surface area contributed by atoms with Crippen LogP contribution in [0.1, 0.15) is 11.1 Å². The largest absolute Gasteiger partial charge is 0.456 e. The molecular weight excluding hydrogens is 328 g/mol. The summed E-state index contributed by atoms with van der Waals surface area (Å²) in [5, 5.41) is 0. The number of ether oxygens (including phenoxy) is 1. The third kappa shape index (κ3) is 4.16.